The van der Waals surface area contributed by atoms with Gasteiger partial charge in [-0.2, -0.15) is 4.31 Å². The zero-order chi connectivity index (χ0) is 27.4. The van der Waals surface area contributed by atoms with Gasteiger partial charge in [0.05, 0.1) is 30.3 Å². The van der Waals surface area contributed by atoms with Gasteiger partial charge >= 0.3 is 0 Å². The van der Waals surface area contributed by atoms with Gasteiger partial charge in [0.15, 0.2) is 0 Å². The molecule has 0 radical (unpaired) electrons. The number of hydrogen-bond acceptors (Lipinski definition) is 5. The van der Waals surface area contributed by atoms with Crippen molar-refractivity contribution < 1.29 is 23.1 Å². The van der Waals surface area contributed by atoms with Gasteiger partial charge in [-0.1, -0.05) is 67.1 Å². The van der Waals surface area contributed by atoms with E-state index in [-0.39, 0.29) is 36.5 Å². The van der Waals surface area contributed by atoms with Gasteiger partial charge in [-0.25, -0.2) is 8.42 Å². The van der Waals surface area contributed by atoms with Crippen LogP contribution in [0, 0.1) is 12.8 Å². The number of likely N-dealkylation sites (N-methyl/N-ethyl adjacent to an activating group) is 1. The van der Waals surface area contributed by atoms with Gasteiger partial charge in [0.25, 0.3) is 5.91 Å². The van der Waals surface area contributed by atoms with Crippen molar-refractivity contribution in [1.82, 2.24) is 9.21 Å². The molecular formula is C30H36N2O5S. The average molecular weight is 537 g/mol. The Balaban J connectivity index is 1.73. The lowest BCUT2D eigenvalue weighted by Crippen LogP contribution is -2.47. The number of rotatable bonds is 6. The summed E-state index contributed by atoms with van der Waals surface area (Å²) >= 11 is 0. The summed E-state index contributed by atoms with van der Waals surface area (Å²) in [4.78, 5) is 15.8. The number of aliphatic hydroxyl groups excluding tert-OH is 1. The molecule has 3 aromatic carbocycles. The summed E-state index contributed by atoms with van der Waals surface area (Å²) in [5, 5.41) is 9.99. The van der Waals surface area contributed by atoms with Crippen molar-refractivity contribution >= 4 is 15.9 Å². The van der Waals surface area contributed by atoms with Gasteiger partial charge in [-0.15, -0.1) is 0 Å². The number of hydrogen-bond donors (Lipinski definition) is 1. The van der Waals surface area contributed by atoms with Crippen LogP contribution >= 0.6 is 0 Å². The maximum Gasteiger partial charge on any atom is 0.254 e. The fourth-order valence-corrected chi connectivity index (χ4v) is 5.98. The van der Waals surface area contributed by atoms with Crippen LogP contribution in [-0.4, -0.2) is 67.5 Å². The molecule has 0 aliphatic carbocycles. The fourth-order valence-electron chi connectivity index (χ4n) is 4.79. The smallest absolute Gasteiger partial charge is 0.254 e. The molecular weight excluding hydrogens is 500 g/mol. The van der Waals surface area contributed by atoms with E-state index in [4.69, 9.17) is 4.74 Å². The second-order valence-corrected chi connectivity index (χ2v) is 12.2. The second-order valence-electron chi connectivity index (χ2n) is 10.1. The normalized spacial score (nSPS) is 19.4. The lowest BCUT2D eigenvalue weighted by molar-refractivity contribution is -0.0146. The number of amides is 1. The number of carbonyl (C=O) groups is 1. The Morgan fingerprint density at radius 2 is 1.61 bits per heavy atom. The van der Waals surface area contributed by atoms with E-state index in [9.17, 15) is 18.3 Å². The highest BCUT2D eigenvalue weighted by Crippen LogP contribution is 2.31. The Labute approximate surface area is 225 Å². The molecule has 0 saturated carbocycles. The zero-order valence-electron chi connectivity index (χ0n) is 22.4. The van der Waals surface area contributed by atoms with Crippen LogP contribution in [-0.2, 0) is 21.4 Å². The van der Waals surface area contributed by atoms with Crippen LogP contribution in [0.2, 0.25) is 0 Å². The number of nitrogens with zero attached hydrogens (tertiary/aromatic N) is 2. The lowest BCUT2D eigenvalue weighted by atomic mass is 9.94. The molecule has 1 heterocycles. The first-order valence-electron chi connectivity index (χ1n) is 12.9. The minimum atomic E-state index is -3.74. The molecule has 4 rings (SSSR count). The fraction of sp³-hybridized carbons (Fsp3) is 0.367. The number of aliphatic hydroxyl groups is 1. The van der Waals surface area contributed by atoms with Crippen LogP contribution in [0.25, 0.3) is 11.1 Å². The summed E-state index contributed by atoms with van der Waals surface area (Å²) in [6.45, 7) is 6.17. The van der Waals surface area contributed by atoms with Gasteiger partial charge in [-0.05, 0) is 48.7 Å². The first-order valence-corrected chi connectivity index (χ1v) is 14.3. The number of benzene rings is 3. The van der Waals surface area contributed by atoms with Crippen LogP contribution in [0.3, 0.4) is 0 Å². The third-order valence-corrected chi connectivity index (χ3v) is 9.10. The summed E-state index contributed by atoms with van der Waals surface area (Å²) in [6.07, 6.45) is -0.504. The van der Waals surface area contributed by atoms with Crippen molar-refractivity contribution in [2.24, 2.45) is 5.92 Å². The van der Waals surface area contributed by atoms with E-state index in [1.807, 2.05) is 69.3 Å². The number of fused-ring (bicyclic) bond motifs is 3. The van der Waals surface area contributed by atoms with Gasteiger partial charge < -0.3 is 14.7 Å². The number of ether oxygens (including phenoxy) is 1. The Morgan fingerprint density at radius 3 is 2.26 bits per heavy atom. The SMILES string of the molecule is Cc1ccc(S(=O)(=O)N(C)C[C@H]2OCc3ccccc3-c3ccccc3C(=O)N([C@H](C)CO)C[C@@H]2C)cc1. The van der Waals surface area contributed by atoms with Crippen molar-refractivity contribution in [2.45, 2.75) is 44.4 Å². The van der Waals surface area contributed by atoms with Crippen molar-refractivity contribution in [3.63, 3.8) is 0 Å². The number of carbonyl (C=O) groups excluding carboxylic acids is 1. The van der Waals surface area contributed by atoms with Crippen LogP contribution in [0.15, 0.2) is 77.7 Å². The monoisotopic (exact) mass is 536 g/mol. The van der Waals surface area contributed by atoms with Crippen molar-refractivity contribution in [2.75, 3.05) is 26.7 Å². The molecule has 0 aromatic heterocycles. The number of sulfonamides is 1. The largest absolute Gasteiger partial charge is 0.394 e. The molecule has 3 aromatic rings. The highest BCUT2D eigenvalue weighted by molar-refractivity contribution is 7.89. The molecule has 1 N–H and O–H groups in total. The minimum Gasteiger partial charge on any atom is -0.394 e. The van der Waals surface area contributed by atoms with Crippen LogP contribution in [0.4, 0.5) is 0 Å². The Kier molecular flexibility index (Phi) is 8.67. The average Bonchev–Trinajstić information content (AvgIpc) is 2.94. The predicted molar refractivity (Wildman–Crippen MR) is 148 cm³/mol. The molecule has 0 saturated heterocycles. The summed E-state index contributed by atoms with van der Waals surface area (Å²) in [7, 11) is -2.18. The van der Waals surface area contributed by atoms with Crippen LogP contribution in [0.5, 0.6) is 0 Å². The van der Waals surface area contributed by atoms with Gasteiger partial charge in [0, 0.05) is 31.6 Å². The van der Waals surface area contributed by atoms with Gasteiger partial charge in [0.1, 0.15) is 0 Å². The van der Waals surface area contributed by atoms with Crippen LogP contribution < -0.4 is 0 Å². The first kappa shape index (κ1) is 28.0. The molecule has 7 nitrogen and oxygen atoms in total. The molecule has 8 heteroatoms. The van der Waals surface area contributed by atoms with E-state index in [0.717, 1.165) is 22.3 Å². The summed E-state index contributed by atoms with van der Waals surface area (Å²) < 4.78 is 34.5. The van der Waals surface area contributed by atoms with Crippen LogP contribution in [0.1, 0.15) is 35.3 Å². The van der Waals surface area contributed by atoms with Crippen molar-refractivity contribution in [3.8, 4) is 11.1 Å². The standard InChI is InChI=1S/C30H36N2O5S/c1-21-13-15-25(16-14-21)38(35,36)31(4)18-29-22(2)17-32(23(3)19-33)30(34)28-12-8-7-11-27(28)26-10-6-5-9-24(26)20-37-29/h5-16,22-23,29,33H,17-20H2,1-4H3/t22-,23+,29+/m0/s1. The molecule has 3 atom stereocenters. The molecule has 0 unspecified atom stereocenters. The molecule has 0 spiro atoms. The molecule has 1 amide bonds. The lowest BCUT2D eigenvalue weighted by Gasteiger charge is -2.35. The van der Waals surface area contributed by atoms with Gasteiger partial charge in [-0.3, -0.25) is 4.79 Å². The Morgan fingerprint density at radius 1 is 1.00 bits per heavy atom. The molecule has 202 valence electrons. The summed E-state index contributed by atoms with van der Waals surface area (Å²) in [5.41, 5.74) is 4.15. The van der Waals surface area contributed by atoms with Crippen molar-refractivity contribution in [3.05, 3.63) is 89.5 Å². The second kappa shape index (κ2) is 11.8. The third kappa shape index (κ3) is 5.83. The van der Waals surface area contributed by atoms with Crippen molar-refractivity contribution in [1.29, 1.82) is 0 Å². The number of aryl methyl sites for hydroxylation is 1. The van der Waals surface area contributed by atoms with E-state index in [1.165, 1.54) is 4.31 Å². The molecule has 1 aliphatic rings. The molecule has 1 aliphatic heterocycles. The predicted octanol–water partition coefficient (Wildman–Crippen LogP) is 4.34. The van der Waals surface area contributed by atoms with E-state index >= 15 is 0 Å². The minimum absolute atomic E-state index is 0.113. The molecule has 38 heavy (non-hydrogen) atoms. The van der Waals surface area contributed by atoms with E-state index in [2.05, 4.69) is 0 Å². The quantitative estimate of drug-likeness (QED) is 0.507. The third-order valence-electron chi connectivity index (χ3n) is 7.26. The van der Waals surface area contributed by atoms with Gasteiger partial charge in [0.2, 0.25) is 10.0 Å². The first-order chi connectivity index (χ1) is 18.1. The van der Waals surface area contributed by atoms with E-state index < -0.39 is 22.2 Å². The maximum absolute atomic E-state index is 13.9. The Bertz CT molecular complexity index is 1370. The summed E-state index contributed by atoms with van der Waals surface area (Å²) in [5.74, 6) is -0.397. The topological polar surface area (TPSA) is 87.2 Å². The maximum atomic E-state index is 13.9. The Hall–Kier alpha value is -3.04. The zero-order valence-corrected chi connectivity index (χ0v) is 23.2. The summed E-state index contributed by atoms with van der Waals surface area (Å²) in [6, 6.07) is 21.6. The molecule has 0 bridgehead atoms. The molecule has 0 fully saturated rings. The highest BCUT2D eigenvalue weighted by Gasteiger charge is 2.32. The highest BCUT2D eigenvalue weighted by atomic mass is 32.2. The van der Waals surface area contributed by atoms with E-state index in [1.54, 1.807) is 36.2 Å². The van der Waals surface area contributed by atoms with E-state index in [0.29, 0.717) is 12.1 Å².